The zero-order chi connectivity index (χ0) is 27.7. The van der Waals surface area contributed by atoms with Gasteiger partial charge in [0.1, 0.15) is 12.9 Å². The van der Waals surface area contributed by atoms with Crippen LogP contribution < -0.4 is 5.32 Å². The third-order valence-corrected chi connectivity index (χ3v) is 5.94. The smallest absolute Gasteiger partial charge is 0.399 e. The molecule has 1 amide bonds. The Bertz CT molecular complexity index is 1430. The summed E-state index contributed by atoms with van der Waals surface area (Å²) in [6, 6.07) is 10.1. The molecule has 3 aromatic carbocycles. The Morgan fingerprint density at radius 3 is 2.47 bits per heavy atom. The molecule has 1 heterocycles. The SMILES string of the molecule is CON=CCNC(=O)c1ccc(C2=NOC(c3ccc(F)c(C(F)(F)F)c3)(C(F)(F)F)C2)c2ccccc12. The number of hydrogen-bond acceptors (Lipinski definition) is 5. The van der Waals surface area contributed by atoms with Gasteiger partial charge >= 0.3 is 12.4 Å². The highest BCUT2D eigenvalue weighted by Gasteiger charge is 2.62. The van der Waals surface area contributed by atoms with Crippen LogP contribution in [0.25, 0.3) is 10.8 Å². The highest BCUT2D eigenvalue weighted by Crippen LogP contribution is 2.50. The topological polar surface area (TPSA) is 72.3 Å². The number of hydrogen-bond donors (Lipinski definition) is 1. The number of benzene rings is 3. The fraction of sp³-hybridized carbons (Fsp3) is 0.240. The van der Waals surface area contributed by atoms with Gasteiger partial charge in [0.2, 0.25) is 0 Å². The van der Waals surface area contributed by atoms with Crippen LogP contribution in [0.2, 0.25) is 0 Å². The first-order valence-corrected chi connectivity index (χ1v) is 10.9. The summed E-state index contributed by atoms with van der Waals surface area (Å²) in [4.78, 5) is 22.0. The van der Waals surface area contributed by atoms with Crippen LogP contribution in [0, 0.1) is 5.82 Å². The number of amides is 1. The number of fused-ring (bicyclic) bond motifs is 1. The summed E-state index contributed by atoms with van der Waals surface area (Å²) in [6.45, 7) is 0.0506. The van der Waals surface area contributed by atoms with Crippen LogP contribution in [0.3, 0.4) is 0 Å². The minimum Gasteiger partial charge on any atom is -0.399 e. The molecule has 1 N–H and O–H groups in total. The minimum absolute atomic E-state index is 0.0506. The number of nitrogens with one attached hydrogen (secondary N) is 1. The lowest BCUT2D eigenvalue weighted by atomic mass is 9.84. The van der Waals surface area contributed by atoms with Crippen LogP contribution in [0.15, 0.2) is 64.9 Å². The fourth-order valence-corrected chi connectivity index (χ4v) is 4.14. The molecule has 0 spiro atoms. The second kappa shape index (κ2) is 9.95. The van der Waals surface area contributed by atoms with Gasteiger partial charge in [-0.05, 0) is 29.0 Å². The summed E-state index contributed by atoms with van der Waals surface area (Å²) in [5.74, 6) is -2.21. The van der Waals surface area contributed by atoms with Crippen molar-refractivity contribution in [2.24, 2.45) is 10.3 Å². The summed E-state index contributed by atoms with van der Waals surface area (Å²) in [6.07, 6.45) is -10.1. The fourth-order valence-electron chi connectivity index (χ4n) is 4.14. The van der Waals surface area contributed by atoms with Gasteiger partial charge in [0.05, 0.1) is 24.0 Å². The van der Waals surface area contributed by atoms with Crippen molar-refractivity contribution < 1.29 is 45.2 Å². The van der Waals surface area contributed by atoms with Crippen molar-refractivity contribution in [3.8, 4) is 0 Å². The molecule has 38 heavy (non-hydrogen) atoms. The van der Waals surface area contributed by atoms with Crippen molar-refractivity contribution in [3.63, 3.8) is 0 Å². The minimum atomic E-state index is -5.23. The van der Waals surface area contributed by atoms with Crippen molar-refractivity contribution >= 4 is 28.6 Å². The molecule has 1 unspecified atom stereocenters. The lowest BCUT2D eigenvalue weighted by Gasteiger charge is -2.30. The molecule has 3 aromatic rings. The third-order valence-electron chi connectivity index (χ3n) is 5.94. The van der Waals surface area contributed by atoms with Crippen LogP contribution in [-0.2, 0) is 21.5 Å². The summed E-state index contributed by atoms with van der Waals surface area (Å²) in [7, 11) is 1.33. The number of carbonyl (C=O) groups excluding carboxylic acids is 1. The molecule has 1 aliphatic heterocycles. The lowest BCUT2D eigenvalue weighted by molar-refractivity contribution is -0.276. The molecular formula is C25H18F7N3O3. The van der Waals surface area contributed by atoms with E-state index in [1.807, 2.05) is 0 Å². The third kappa shape index (κ3) is 4.87. The maximum absolute atomic E-state index is 14.3. The van der Waals surface area contributed by atoms with Crippen molar-refractivity contribution in [2.75, 3.05) is 13.7 Å². The van der Waals surface area contributed by atoms with Gasteiger partial charge in [-0.3, -0.25) is 4.79 Å². The second-order valence-electron chi connectivity index (χ2n) is 8.21. The van der Waals surface area contributed by atoms with Crippen LogP contribution in [-0.4, -0.2) is 37.7 Å². The number of carbonyl (C=O) groups is 1. The number of alkyl halides is 6. The maximum Gasteiger partial charge on any atom is 0.435 e. The van der Waals surface area contributed by atoms with Gasteiger partial charge in [-0.15, -0.1) is 0 Å². The van der Waals surface area contributed by atoms with Crippen molar-refractivity contribution in [1.29, 1.82) is 0 Å². The average molecular weight is 541 g/mol. The molecule has 0 aliphatic carbocycles. The molecule has 200 valence electrons. The number of rotatable bonds is 6. The Balaban J connectivity index is 1.74. The standard InChI is InChI=1S/C25H18F7N3O3/c1-37-34-11-10-33-22(36)18-8-7-17(15-4-2-3-5-16(15)18)21-13-23(38-35-21,25(30,31)32)14-6-9-20(26)19(12-14)24(27,28)29/h2-9,11-12H,10,13H2,1H3,(H,33,36). The summed E-state index contributed by atoms with van der Waals surface area (Å²) >= 11 is 0. The Kier molecular flexibility index (Phi) is 7.04. The predicted octanol–water partition coefficient (Wildman–Crippen LogP) is 5.94. The van der Waals surface area contributed by atoms with Gasteiger partial charge in [-0.2, -0.15) is 26.3 Å². The number of halogens is 7. The normalized spacial score (nSPS) is 17.9. The van der Waals surface area contributed by atoms with E-state index in [4.69, 9.17) is 4.84 Å². The molecule has 0 saturated heterocycles. The van der Waals surface area contributed by atoms with E-state index < -0.39 is 47.2 Å². The summed E-state index contributed by atoms with van der Waals surface area (Å²) in [5, 5.41) is 10.5. The number of nitrogens with zero attached hydrogens (tertiary/aromatic N) is 2. The molecule has 1 aliphatic rings. The Morgan fingerprint density at radius 1 is 1.11 bits per heavy atom. The van der Waals surface area contributed by atoms with Gasteiger partial charge in [0, 0.05) is 23.1 Å². The Labute approximate surface area is 210 Å². The molecule has 0 bridgehead atoms. The van der Waals surface area contributed by atoms with Crippen LogP contribution in [0.1, 0.15) is 33.5 Å². The largest absolute Gasteiger partial charge is 0.435 e. The molecule has 0 saturated carbocycles. The van der Waals surface area contributed by atoms with Gasteiger partial charge in [-0.25, -0.2) is 4.39 Å². The van der Waals surface area contributed by atoms with Crippen molar-refractivity contribution in [1.82, 2.24) is 5.32 Å². The van der Waals surface area contributed by atoms with Crippen LogP contribution in [0.4, 0.5) is 30.7 Å². The first-order valence-electron chi connectivity index (χ1n) is 10.9. The van der Waals surface area contributed by atoms with Gasteiger partial charge < -0.3 is 15.0 Å². The molecule has 1 atom stereocenters. The summed E-state index contributed by atoms with van der Waals surface area (Å²) < 4.78 is 96.5. The first kappa shape index (κ1) is 26.9. The highest BCUT2D eigenvalue weighted by molar-refractivity contribution is 6.16. The number of oxime groups is 2. The molecule has 13 heteroatoms. The van der Waals surface area contributed by atoms with E-state index in [0.29, 0.717) is 22.9 Å². The van der Waals surface area contributed by atoms with Crippen LogP contribution >= 0.6 is 0 Å². The highest BCUT2D eigenvalue weighted by atomic mass is 19.4. The maximum atomic E-state index is 14.3. The van der Waals surface area contributed by atoms with E-state index in [1.165, 1.54) is 25.5 Å². The van der Waals surface area contributed by atoms with E-state index >= 15 is 0 Å². The molecule has 4 rings (SSSR count). The Hall–Kier alpha value is -4.16. The molecule has 6 nitrogen and oxygen atoms in total. The lowest BCUT2D eigenvalue weighted by Crippen LogP contribution is -2.43. The van der Waals surface area contributed by atoms with Crippen molar-refractivity contribution in [2.45, 2.75) is 24.4 Å². The van der Waals surface area contributed by atoms with E-state index in [0.717, 1.165) is 0 Å². The van der Waals surface area contributed by atoms with Crippen molar-refractivity contribution in [3.05, 3.63) is 82.7 Å². The van der Waals surface area contributed by atoms with Gasteiger partial charge in [0.25, 0.3) is 11.5 Å². The van der Waals surface area contributed by atoms with E-state index in [2.05, 4.69) is 20.5 Å². The monoisotopic (exact) mass is 541 g/mol. The average Bonchev–Trinajstić information content (AvgIpc) is 3.32. The molecule has 0 fully saturated rings. The Morgan fingerprint density at radius 2 is 1.82 bits per heavy atom. The zero-order valence-corrected chi connectivity index (χ0v) is 19.5. The molecule has 0 aromatic heterocycles. The van der Waals surface area contributed by atoms with Gasteiger partial charge in [-0.1, -0.05) is 46.7 Å². The zero-order valence-electron chi connectivity index (χ0n) is 19.5. The molecule has 0 radical (unpaired) electrons. The predicted molar refractivity (Wildman–Crippen MR) is 123 cm³/mol. The van der Waals surface area contributed by atoms with Crippen LogP contribution in [0.5, 0.6) is 0 Å². The summed E-state index contributed by atoms with van der Waals surface area (Å²) in [5.41, 5.74) is -5.90. The van der Waals surface area contributed by atoms with E-state index in [-0.39, 0.29) is 29.4 Å². The first-order chi connectivity index (χ1) is 17.9. The quantitative estimate of drug-likeness (QED) is 0.239. The van der Waals surface area contributed by atoms with Gasteiger partial charge in [0.15, 0.2) is 0 Å². The van der Waals surface area contributed by atoms with E-state index in [9.17, 15) is 35.5 Å². The molecular weight excluding hydrogens is 523 g/mol. The second-order valence-corrected chi connectivity index (χ2v) is 8.21. The van der Waals surface area contributed by atoms with E-state index in [1.54, 1.807) is 24.3 Å².